The lowest BCUT2D eigenvalue weighted by molar-refractivity contribution is -0.117. The van der Waals surface area contributed by atoms with Crippen molar-refractivity contribution in [3.8, 4) is 0 Å². The highest BCUT2D eigenvalue weighted by molar-refractivity contribution is 6.05. The number of hydrogen-bond donors (Lipinski definition) is 1. The van der Waals surface area contributed by atoms with Crippen molar-refractivity contribution in [3.05, 3.63) is 107 Å². The van der Waals surface area contributed by atoms with Crippen LogP contribution in [0.2, 0.25) is 0 Å². The van der Waals surface area contributed by atoms with E-state index in [-0.39, 0.29) is 29.8 Å². The van der Waals surface area contributed by atoms with E-state index in [0.717, 1.165) is 22.6 Å². The molecule has 1 aliphatic heterocycles. The molecule has 0 unspecified atom stereocenters. The molecule has 3 aromatic carbocycles. The van der Waals surface area contributed by atoms with Crippen LogP contribution in [-0.2, 0) is 9.59 Å². The first-order valence-corrected chi connectivity index (χ1v) is 10.8. The molecule has 2 atom stereocenters. The Labute approximate surface area is 186 Å². The average Bonchev–Trinajstić information content (AvgIpc) is 2.94. The number of ketones is 1. The van der Waals surface area contributed by atoms with Crippen molar-refractivity contribution in [2.75, 3.05) is 10.2 Å². The lowest BCUT2D eigenvalue weighted by Crippen LogP contribution is -2.37. The number of Topliss-reactive ketones (excluding diaryl/α,β-unsaturated/α-hetero) is 1. The van der Waals surface area contributed by atoms with Crippen molar-refractivity contribution in [1.29, 1.82) is 0 Å². The number of hydrogen-bond acceptors (Lipinski definition) is 3. The summed E-state index contributed by atoms with van der Waals surface area (Å²) in [5.41, 5.74) is 4.22. The second-order valence-electron chi connectivity index (χ2n) is 8.29. The second-order valence-corrected chi connectivity index (χ2v) is 8.29. The van der Waals surface area contributed by atoms with Gasteiger partial charge >= 0.3 is 0 Å². The average molecular weight is 426 g/mol. The molecule has 5 rings (SSSR count). The summed E-state index contributed by atoms with van der Waals surface area (Å²) in [7, 11) is 0. The van der Waals surface area contributed by atoms with Crippen molar-refractivity contribution in [2.45, 2.75) is 31.7 Å². The van der Waals surface area contributed by atoms with Gasteiger partial charge in [0.25, 0.3) is 0 Å². The highest BCUT2D eigenvalue weighted by Crippen LogP contribution is 2.47. The summed E-state index contributed by atoms with van der Waals surface area (Å²) in [6.07, 6.45) is 0.693. The minimum Gasteiger partial charge on any atom is -0.357 e. The lowest BCUT2D eigenvalue weighted by atomic mass is 9.78. The number of rotatable bonds is 2. The van der Waals surface area contributed by atoms with Crippen LogP contribution in [0.25, 0.3) is 0 Å². The number of anilines is 2. The second kappa shape index (κ2) is 8.08. The molecule has 0 spiro atoms. The van der Waals surface area contributed by atoms with Gasteiger partial charge in [-0.05, 0) is 41.7 Å². The largest absolute Gasteiger partial charge is 0.357 e. The molecule has 3 aromatic rings. The smallest absolute Gasteiger partial charge is 0.224 e. The third-order valence-corrected chi connectivity index (χ3v) is 6.29. The Balaban J connectivity index is 1.71. The van der Waals surface area contributed by atoms with Crippen LogP contribution in [0, 0.1) is 5.82 Å². The number of fused-ring (bicyclic) bond motifs is 1. The normalized spacial score (nSPS) is 20.2. The summed E-state index contributed by atoms with van der Waals surface area (Å²) in [6.45, 7) is 1.52. The zero-order valence-corrected chi connectivity index (χ0v) is 17.7. The molecule has 0 radical (unpaired) electrons. The molecule has 1 amide bonds. The number of carbonyl (C=O) groups excluding carboxylic acids is 2. The quantitative estimate of drug-likeness (QED) is 0.568. The predicted molar refractivity (Wildman–Crippen MR) is 123 cm³/mol. The minimum absolute atomic E-state index is 0.0695. The number of halogens is 1. The van der Waals surface area contributed by atoms with Gasteiger partial charge in [0.05, 0.1) is 17.4 Å². The third-order valence-electron chi connectivity index (χ3n) is 6.29. The maximum atomic E-state index is 14.6. The van der Waals surface area contributed by atoms with E-state index in [0.29, 0.717) is 17.6 Å². The Morgan fingerprint density at radius 2 is 1.62 bits per heavy atom. The molecular formula is C27H23FN2O2. The van der Waals surface area contributed by atoms with E-state index >= 15 is 0 Å². The van der Waals surface area contributed by atoms with Gasteiger partial charge in [-0.3, -0.25) is 14.5 Å². The van der Waals surface area contributed by atoms with Gasteiger partial charge in [-0.1, -0.05) is 60.7 Å². The molecule has 1 N–H and O–H groups in total. The van der Waals surface area contributed by atoms with Crippen LogP contribution < -0.4 is 10.2 Å². The number of nitrogens with zero attached hydrogens (tertiary/aromatic N) is 1. The van der Waals surface area contributed by atoms with Crippen LogP contribution in [0.4, 0.5) is 15.8 Å². The highest BCUT2D eigenvalue weighted by Gasteiger charge is 2.41. The number of para-hydroxylation sites is 2. The van der Waals surface area contributed by atoms with E-state index < -0.39 is 6.04 Å². The van der Waals surface area contributed by atoms with Crippen LogP contribution in [0.3, 0.4) is 0 Å². The van der Waals surface area contributed by atoms with Gasteiger partial charge < -0.3 is 5.32 Å². The topological polar surface area (TPSA) is 49.4 Å². The monoisotopic (exact) mass is 426 g/mol. The summed E-state index contributed by atoms with van der Waals surface area (Å²) < 4.78 is 14.6. The Morgan fingerprint density at radius 1 is 0.938 bits per heavy atom. The highest BCUT2D eigenvalue weighted by atomic mass is 19.1. The summed E-state index contributed by atoms with van der Waals surface area (Å²) in [4.78, 5) is 28.2. The molecule has 5 heteroatoms. The molecule has 1 heterocycles. The fourth-order valence-corrected chi connectivity index (χ4v) is 4.92. The number of allylic oxidation sites excluding steroid dienone is 1. The molecule has 32 heavy (non-hydrogen) atoms. The first-order valence-electron chi connectivity index (χ1n) is 10.8. The summed E-state index contributed by atoms with van der Waals surface area (Å²) >= 11 is 0. The Kier molecular flexibility index (Phi) is 5.10. The van der Waals surface area contributed by atoms with E-state index in [1.807, 2.05) is 54.6 Å². The zero-order valence-electron chi connectivity index (χ0n) is 17.7. The minimum atomic E-state index is -0.547. The Morgan fingerprint density at radius 3 is 2.38 bits per heavy atom. The van der Waals surface area contributed by atoms with E-state index in [9.17, 15) is 14.0 Å². The SMILES string of the molecule is CC(=O)N1c2ccccc2NC2=C(C(=O)C[C@H](c3ccccc3F)C2)[C@@H]1c1ccccc1. The molecule has 4 nitrogen and oxygen atoms in total. The maximum absolute atomic E-state index is 14.6. The van der Waals surface area contributed by atoms with E-state index in [1.54, 1.807) is 23.1 Å². The fourth-order valence-electron chi connectivity index (χ4n) is 4.92. The molecule has 160 valence electrons. The molecular weight excluding hydrogens is 403 g/mol. The van der Waals surface area contributed by atoms with E-state index in [1.165, 1.54) is 13.0 Å². The third kappa shape index (κ3) is 3.40. The number of amides is 1. The van der Waals surface area contributed by atoms with Crippen molar-refractivity contribution >= 4 is 23.1 Å². The van der Waals surface area contributed by atoms with Gasteiger partial charge in [-0.2, -0.15) is 0 Å². The molecule has 0 bridgehead atoms. The van der Waals surface area contributed by atoms with Crippen molar-refractivity contribution in [1.82, 2.24) is 0 Å². The lowest BCUT2D eigenvalue weighted by Gasteiger charge is -2.34. The zero-order chi connectivity index (χ0) is 22.2. The molecule has 0 aromatic heterocycles. The predicted octanol–water partition coefficient (Wildman–Crippen LogP) is 5.75. The first-order chi connectivity index (χ1) is 15.5. The summed E-state index contributed by atoms with van der Waals surface area (Å²) in [6, 6.07) is 23.3. The summed E-state index contributed by atoms with van der Waals surface area (Å²) in [5, 5.41) is 3.44. The maximum Gasteiger partial charge on any atom is 0.224 e. The van der Waals surface area contributed by atoms with Gasteiger partial charge in [0.15, 0.2) is 5.78 Å². The molecule has 2 aliphatic rings. The van der Waals surface area contributed by atoms with Crippen molar-refractivity contribution < 1.29 is 14.0 Å². The van der Waals surface area contributed by atoms with Crippen molar-refractivity contribution in [2.24, 2.45) is 0 Å². The van der Waals surface area contributed by atoms with Gasteiger partial charge in [0.2, 0.25) is 5.91 Å². The number of carbonyl (C=O) groups is 2. The fraction of sp³-hybridized carbons (Fsp3) is 0.185. The molecule has 0 fully saturated rings. The van der Waals surface area contributed by atoms with E-state index in [4.69, 9.17) is 0 Å². The standard InChI is InChI=1S/C27H23FN2O2/c1-17(31)30-24-14-8-7-13-22(24)29-23-15-19(20-11-5-6-12-21(20)28)16-25(32)26(23)27(30)18-9-3-2-4-10-18/h2-14,19,27,29H,15-16H2,1H3/t19-,27+/m1/s1. The number of nitrogens with one attached hydrogen (secondary N) is 1. The van der Waals surface area contributed by atoms with Gasteiger partial charge in [-0.15, -0.1) is 0 Å². The van der Waals surface area contributed by atoms with E-state index in [2.05, 4.69) is 5.32 Å². The van der Waals surface area contributed by atoms with Crippen LogP contribution in [0.5, 0.6) is 0 Å². The summed E-state index contributed by atoms with van der Waals surface area (Å²) in [5.74, 6) is -0.776. The molecule has 1 aliphatic carbocycles. The van der Waals surface area contributed by atoms with Crippen LogP contribution in [-0.4, -0.2) is 11.7 Å². The van der Waals surface area contributed by atoms with Gasteiger partial charge in [0.1, 0.15) is 5.82 Å². The molecule has 0 saturated heterocycles. The van der Waals surface area contributed by atoms with Gasteiger partial charge in [-0.25, -0.2) is 4.39 Å². The van der Waals surface area contributed by atoms with Crippen molar-refractivity contribution in [3.63, 3.8) is 0 Å². The number of benzene rings is 3. The Hall–Kier alpha value is -3.73. The van der Waals surface area contributed by atoms with Crippen LogP contribution in [0.15, 0.2) is 90.1 Å². The van der Waals surface area contributed by atoms with Crippen LogP contribution >= 0.6 is 0 Å². The Bertz CT molecular complexity index is 1240. The molecule has 0 saturated carbocycles. The van der Waals surface area contributed by atoms with Crippen LogP contribution in [0.1, 0.15) is 42.9 Å². The van der Waals surface area contributed by atoms with Gasteiger partial charge in [0, 0.05) is 24.6 Å². The first kappa shape index (κ1) is 20.2.